The molecule has 2 heterocycles. The summed E-state index contributed by atoms with van der Waals surface area (Å²) in [7, 11) is 4.15. The summed E-state index contributed by atoms with van der Waals surface area (Å²) in [5, 5.41) is 1.12. The summed E-state index contributed by atoms with van der Waals surface area (Å²) < 4.78 is 7.32. The molecule has 0 saturated carbocycles. The van der Waals surface area contributed by atoms with Crippen molar-refractivity contribution in [3.8, 4) is 16.2 Å². The minimum absolute atomic E-state index is 0.466. The molecule has 0 radical (unpaired) electrons. The van der Waals surface area contributed by atoms with Crippen LogP contribution in [0.15, 0.2) is 48.7 Å². The Kier molecular flexibility index (Phi) is 8.14. The van der Waals surface area contributed by atoms with E-state index in [-0.39, 0.29) is 0 Å². The molecule has 0 spiro atoms. The van der Waals surface area contributed by atoms with Gasteiger partial charge in [-0.2, -0.15) is 0 Å². The molecule has 1 aliphatic rings. The number of hydrogen-bond donors (Lipinski definition) is 0. The van der Waals surface area contributed by atoms with Crippen molar-refractivity contribution in [3.63, 3.8) is 0 Å². The monoisotopic (exact) mass is 576 g/mol. The van der Waals surface area contributed by atoms with Gasteiger partial charge in [-0.3, -0.25) is 4.90 Å². The van der Waals surface area contributed by atoms with Crippen molar-refractivity contribution in [2.24, 2.45) is 0 Å². The number of hydrogen-bond acceptors (Lipinski definition) is 6. The third-order valence-electron chi connectivity index (χ3n) is 6.22. The highest BCUT2D eigenvalue weighted by molar-refractivity contribution is 14.1. The lowest BCUT2D eigenvalue weighted by molar-refractivity contribution is 0.154. The molecule has 0 N–H and O–H groups in total. The minimum Gasteiger partial charge on any atom is -0.491 e. The highest BCUT2D eigenvalue weighted by atomic mass is 127. The molecule has 1 fully saturated rings. The van der Waals surface area contributed by atoms with Crippen LogP contribution in [0.4, 0.5) is 10.8 Å². The van der Waals surface area contributed by atoms with Gasteiger partial charge < -0.3 is 14.5 Å². The second kappa shape index (κ2) is 11.1. The van der Waals surface area contributed by atoms with Crippen LogP contribution in [0.3, 0.4) is 0 Å². The van der Waals surface area contributed by atoms with Crippen molar-refractivity contribution in [2.75, 3.05) is 56.7 Å². The lowest BCUT2D eigenvalue weighted by Crippen LogP contribution is -2.52. The molecule has 3 aromatic rings. The van der Waals surface area contributed by atoms with Crippen LogP contribution in [0.2, 0.25) is 0 Å². The molecular weight excluding hydrogens is 543 g/mol. The van der Waals surface area contributed by atoms with Crippen molar-refractivity contribution in [2.45, 2.75) is 26.3 Å². The third-order valence-corrected chi connectivity index (χ3v) is 8.21. The maximum atomic E-state index is 6.14. The van der Waals surface area contributed by atoms with Gasteiger partial charge in [-0.05, 0) is 71.3 Å². The van der Waals surface area contributed by atoms with Gasteiger partial charge >= 0.3 is 0 Å². The molecule has 33 heavy (non-hydrogen) atoms. The molecular formula is C26H33IN4OS. The highest BCUT2D eigenvalue weighted by Crippen LogP contribution is 2.33. The molecule has 2 aromatic carbocycles. The largest absolute Gasteiger partial charge is 0.491 e. The number of aryl methyl sites for hydroxylation is 1. The highest BCUT2D eigenvalue weighted by Gasteiger charge is 2.25. The van der Waals surface area contributed by atoms with Gasteiger partial charge in [-0.25, -0.2) is 4.98 Å². The lowest BCUT2D eigenvalue weighted by atomic mass is 10.2. The molecule has 176 valence electrons. The zero-order chi connectivity index (χ0) is 23.4. The van der Waals surface area contributed by atoms with Crippen LogP contribution in [-0.2, 0) is 6.42 Å². The Bertz CT molecular complexity index is 1070. The Balaban J connectivity index is 1.32. The summed E-state index contributed by atoms with van der Waals surface area (Å²) in [6.45, 7) is 9.17. The van der Waals surface area contributed by atoms with Crippen LogP contribution < -0.4 is 14.5 Å². The first-order chi connectivity index (χ1) is 15.9. The molecule has 4 rings (SSSR count). The molecule has 0 aliphatic carbocycles. The van der Waals surface area contributed by atoms with E-state index in [9.17, 15) is 0 Å². The van der Waals surface area contributed by atoms with Crippen LogP contribution in [0.1, 0.15) is 19.4 Å². The molecule has 1 saturated heterocycles. The molecule has 5 nitrogen and oxygen atoms in total. The Morgan fingerprint density at radius 3 is 2.79 bits per heavy atom. The number of rotatable bonds is 8. The van der Waals surface area contributed by atoms with E-state index < -0.39 is 0 Å². The summed E-state index contributed by atoms with van der Waals surface area (Å²) in [6, 6.07) is 15.6. The van der Waals surface area contributed by atoms with Gasteiger partial charge in [0.05, 0.1) is 8.45 Å². The average molecular weight is 577 g/mol. The normalized spacial score (nSPS) is 16.8. The fourth-order valence-corrected chi connectivity index (χ4v) is 5.57. The summed E-state index contributed by atoms with van der Waals surface area (Å²) in [6.07, 6.45) is 3.05. The number of halogens is 1. The topological polar surface area (TPSA) is 31.8 Å². The van der Waals surface area contributed by atoms with Gasteiger partial charge in [0.15, 0.2) is 5.13 Å². The Morgan fingerprint density at radius 2 is 2.03 bits per heavy atom. The first-order valence-electron chi connectivity index (χ1n) is 11.6. The molecule has 0 amide bonds. The quantitative estimate of drug-likeness (QED) is 0.325. The third kappa shape index (κ3) is 6.00. The zero-order valence-corrected chi connectivity index (χ0v) is 22.9. The number of anilines is 2. The van der Waals surface area contributed by atoms with Gasteiger partial charge in [0, 0.05) is 58.2 Å². The number of benzene rings is 2. The maximum absolute atomic E-state index is 6.14. The van der Waals surface area contributed by atoms with Gasteiger partial charge in [-0.15, -0.1) is 0 Å². The molecule has 0 unspecified atom stereocenters. The van der Waals surface area contributed by atoms with Crippen LogP contribution in [0, 0.1) is 3.57 Å². The fourth-order valence-electron chi connectivity index (χ4n) is 4.13. The second-order valence-corrected chi connectivity index (χ2v) is 10.9. The Morgan fingerprint density at radius 1 is 1.18 bits per heavy atom. The molecule has 1 atom stereocenters. The standard InChI is InChI=1S/C26H33IN4OS/c1-5-20-9-10-23(27)24(15-20)32-14-13-30-11-12-31(18-19(30)2)26-28-17-25(33-26)21-7-6-8-22(16-21)29(3)4/h6-10,15-17,19H,5,11-14,18H2,1-4H3/t19-/m0/s1. The number of piperazine rings is 1. The lowest BCUT2D eigenvalue weighted by Gasteiger charge is -2.39. The minimum atomic E-state index is 0.466. The van der Waals surface area contributed by atoms with Crippen LogP contribution in [-0.4, -0.2) is 62.8 Å². The fraction of sp³-hybridized carbons (Fsp3) is 0.423. The van der Waals surface area contributed by atoms with E-state index >= 15 is 0 Å². The summed E-state index contributed by atoms with van der Waals surface area (Å²) in [4.78, 5) is 13.1. The smallest absolute Gasteiger partial charge is 0.185 e. The summed E-state index contributed by atoms with van der Waals surface area (Å²) in [5.41, 5.74) is 3.77. The number of aromatic nitrogens is 1. The summed E-state index contributed by atoms with van der Waals surface area (Å²) >= 11 is 4.15. The van der Waals surface area contributed by atoms with Gasteiger partial charge in [0.2, 0.25) is 0 Å². The number of thiazole rings is 1. The van der Waals surface area contributed by atoms with E-state index in [1.807, 2.05) is 6.20 Å². The molecule has 1 aliphatic heterocycles. The number of ether oxygens (including phenoxy) is 1. The van der Waals surface area contributed by atoms with Crippen molar-refractivity contribution in [3.05, 3.63) is 57.8 Å². The van der Waals surface area contributed by atoms with Crippen LogP contribution in [0.5, 0.6) is 5.75 Å². The van der Waals surface area contributed by atoms with Crippen molar-refractivity contribution >= 4 is 44.7 Å². The molecule has 0 bridgehead atoms. The van der Waals surface area contributed by atoms with Crippen LogP contribution >= 0.6 is 33.9 Å². The van der Waals surface area contributed by atoms with Gasteiger partial charge in [0.1, 0.15) is 12.4 Å². The van der Waals surface area contributed by atoms with Crippen molar-refractivity contribution in [1.82, 2.24) is 9.88 Å². The SMILES string of the molecule is CCc1ccc(I)c(OCCN2CCN(c3ncc(-c4cccc(N(C)C)c4)s3)C[C@@H]2C)c1. The Labute approximate surface area is 215 Å². The molecule has 1 aromatic heterocycles. The van der Waals surface area contributed by atoms with Gasteiger partial charge in [0.25, 0.3) is 0 Å². The first-order valence-corrected chi connectivity index (χ1v) is 13.5. The average Bonchev–Trinajstić information content (AvgIpc) is 3.32. The summed E-state index contributed by atoms with van der Waals surface area (Å²) in [5.74, 6) is 1.01. The zero-order valence-electron chi connectivity index (χ0n) is 19.9. The van der Waals surface area contributed by atoms with E-state index in [2.05, 4.69) is 108 Å². The predicted molar refractivity (Wildman–Crippen MR) is 149 cm³/mol. The van der Waals surface area contributed by atoms with Crippen molar-refractivity contribution in [1.29, 1.82) is 0 Å². The van der Waals surface area contributed by atoms with Crippen LogP contribution in [0.25, 0.3) is 10.4 Å². The predicted octanol–water partition coefficient (Wildman–Crippen LogP) is 5.63. The Hall–Kier alpha value is -1.84. The maximum Gasteiger partial charge on any atom is 0.185 e. The van der Waals surface area contributed by atoms with E-state index in [1.165, 1.54) is 25.3 Å². The van der Waals surface area contributed by atoms with Crippen molar-refractivity contribution < 1.29 is 4.74 Å². The number of nitrogens with zero attached hydrogens (tertiary/aromatic N) is 4. The van der Waals surface area contributed by atoms with E-state index in [0.29, 0.717) is 6.04 Å². The van der Waals surface area contributed by atoms with E-state index in [1.54, 1.807) is 11.3 Å². The van der Waals surface area contributed by atoms with E-state index in [4.69, 9.17) is 9.72 Å². The molecule has 7 heteroatoms. The first kappa shape index (κ1) is 24.3. The second-order valence-electron chi connectivity index (χ2n) is 8.75. The van der Waals surface area contributed by atoms with Gasteiger partial charge in [-0.1, -0.05) is 36.5 Å². The van der Waals surface area contributed by atoms with E-state index in [0.717, 1.165) is 50.1 Å².